The number of carbonyl (C=O) groups excluding carboxylic acids is 2. The van der Waals surface area contributed by atoms with Crippen molar-refractivity contribution in [1.29, 1.82) is 0 Å². The summed E-state index contributed by atoms with van der Waals surface area (Å²) in [5.41, 5.74) is 0.911. The normalized spacial score (nSPS) is 17.9. The van der Waals surface area contributed by atoms with E-state index in [4.69, 9.17) is 4.74 Å². The first kappa shape index (κ1) is 16.0. The summed E-state index contributed by atoms with van der Waals surface area (Å²) in [7, 11) is 1.35. The first-order valence-corrected chi connectivity index (χ1v) is 7.20. The molecular weight excluding hydrogens is 278 g/mol. The van der Waals surface area contributed by atoms with E-state index in [1.807, 2.05) is 57.2 Å². The number of carbonyl (C=O) groups is 2. The molecule has 1 aliphatic heterocycles. The zero-order valence-electron chi connectivity index (χ0n) is 13.4. The molecule has 1 unspecified atom stereocenters. The summed E-state index contributed by atoms with van der Waals surface area (Å²) in [4.78, 5) is 26.0. The second-order valence-electron chi connectivity index (χ2n) is 6.27. The minimum Gasteiger partial charge on any atom is -0.466 e. The van der Waals surface area contributed by atoms with Crippen LogP contribution in [0.4, 0.5) is 0 Å². The van der Waals surface area contributed by atoms with E-state index >= 15 is 0 Å². The van der Waals surface area contributed by atoms with Crippen molar-refractivity contribution >= 4 is 11.9 Å². The Hall–Kier alpha value is -2.36. The van der Waals surface area contributed by atoms with Crippen molar-refractivity contribution in [2.75, 3.05) is 7.11 Å². The number of rotatable bonds is 2. The molecule has 0 saturated heterocycles. The highest BCUT2D eigenvalue weighted by Crippen LogP contribution is 2.32. The lowest BCUT2D eigenvalue weighted by atomic mass is 9.88. The topological polar surface area (TPSA) is 46.6 Å². The van der Waals surface area contributed by atoms with Crippen molar-refractivity contribution in [3.63, 3.8) is 0 Å². The molecular formula is C18H21NO3. The molecule has 0 aliphatic carbocycles. The number of hydrogen-bond acceptors (Lipinski definition) is 3. The van der Waals surface area contributed by atoms with Crippen molar-refractivity contribution in [2.24, 2.45) is 5.41 Å². The van der Waals surface area contributed by atoms with Gasteiger partial charge in [0.2, 0.25) is 5.91 Å². The van der Waals surface area contributed by atoms with Gasteiger partial charge >= 0.3 is 5.97 Å². The molecule has 0 fully saturated rings. The molecule has 1 aromatic rings. The van der Waals surface area contributed by atoms with Gasteiger partial charge in [-0.1, -0.05) is 57.2 Å². The van der Waals surface area contributed by atoms with Crippen LogP contribution in [0.15, 0.2) is 54.4 Å². The fraction of sp³-hybridized carbons (Fsp3) is 0.333. The molecule has 0 aromatic heterocycles. The average molecular weight is 299 g/mol. The summed E-state index contributed by atoms with van der Waals surface area (Å²) in [5, 5.41) is 0. The van der Waals surface area contributed by atoms with Crippen LogP contribution in [0.3, 0.4) is 0 Å². The molecule has 1 atom stereocenters. The van der Waals surface area contributed by atoms with Gasteiger partial charge in [0, 0.05) is 23.7 Å². The van der Waals surface area contributed by atoms with Crippen LogP contribution in [0.2, 0.25) is 0 Å². The van der Waals surface area contributed by atoms with E-state index in [-0.39, 0.29) is 11.8 Å². The molecule has 1 aliphatic rings. The van der Waals surface area contributed by atoms with Crippen LogP contribution in [0.25, 0.3) is 0 Å². The predicted octanol–water partition coefficient (Wildman–Crippen LogP) is 3.23. The number of nitrogens with zero attached hydrogens (tertiary/aromatic N) is 1. The van der Waals surface area contributed by atoms with Gasteiger partial charge in [-0.25, -0.2) is 4.79 Å². The van der Waals surface area contributed by atoms with Crippen LogP contribution in [-0.4, -0.2) is 23.9 Å². The van der Waals surface area contributed by atoms with E-state index in [9.17, 15) is 9.59 Å². The summed E-state index contributed by atoms with van der Waals surface area (Å²) < 4.78 is 4.88. The zero-order chi connectivity index (χ0) is 16.3. The van der Waals surface area contributed by atoms with Crippen LogP contribution in [0.5, 0.6) is 0 Å². The molecule has 1 aromatic carbocycles. The van der Waals surface area contributed by atoms with Crippen LogP contribution < -0.4 is 0 Å². The SMILES string of the molecule is COC(=O)C1=CN(C(=O)C(C)(C)C)C=CC1c1ccccc1. The largest absolute Gasteiger partial charge is 0.466 e. The molecule has 1 heterocycles. The molecule has 0 spiro atoms. The summed E-state index contributed by atoms with van der Waals surface area (Å²) >= 11 is 0. The molecule has 116 valence electrons. The van der Waals surface area contributed by atoms with Gasteiger partial charge in [0.05, 0.1) is 12.7 Å². The Labute approximate surface area is 131 Å². The van der Waals surface area contributed by atoms with Crippen molar-refractivity contribution in [3.8, 4) is 0 Å². The van der Waals surface area contributed by atoms with E-state index in [1.54, 1.807) is 12.4 Å². The smallest absolute Gasteiger partial charge is 0.336 e. The maximum Gasteiger partial charge on any atom is 0.336 e. The quantitative estimate of drug-likeness (QED) is 0.788. The van der Waals surface area contributed by atoms with Crippen LogP contribution in [-0.2, 0) is 14.3 Å². The number of hydrogen-bond donors (Lipinski definition) is 0. The van der Waals surface area contributed by atoms with Crippen LogP contribution >= 0.6 is 0 Å². The van der Waals surface area contributed by atoms with Crippen LogP contribution in [0.1, 0.15) is 32.3 Å². The predicted molar refractivity (Wildman–Crippen MR) is 84.7 cm³/mol. The molecule has 4 nitrogen and oxygen atoms in total. The minimum absolute atomic E-state index is 0.0725. The standard InChI is InChI=1S/C18H21NO3/c1-18(2,3)17(21)19-11-10-14(13-8-6-5-7-9-13)15(12-19)16(20)22-4/h5-12,14H,1-4H3. The fourth-order valence-electron chi connectivity index (χ4n) is 2.32. The number of esters is 1. The molecule has 0 bridgehead atoms. The molecule has 22 heavy (non-hydrogen) atoms. The van der Waals surface area contributed by atoms with E-state index in [0.717, 1.165) is 5.56 Å². The van der Waals surface area contributed by atoms with E-state index < -0.39 is 11.4 Å². The van der Waals surface area contributed by atoms with E-state index in [0.29, 0.717) is 5.57 Å². The monoisotopic (exact) mass is 299 g/mol. The van der Waals surface area contributed by atoms with Gasteiger partial charge in [-0.2, -0.15) is 0 Å². The van der Waals surface area contributed by atoms with Gasteiger partial charge in [0.25, 0.3) is 0 Å². The summed E-state index contributed by atoms with van der Waals surface area (Å²) in [5.74, 6) is -0.709. The van der Waals surface area contributed by atoms with Crippen LogP contribution in [0, 0.1) is 5.41 Å². The van der Waals surface area contributed by atoms with Gasteiger partial charge in [-0.3, -0.25) is 9.69 Å². The Morgan fingerprint density at radius 2 is 1.77 bits per heavy atom. The highest BCUT2D eigenvalue weighted by molar-refractivity contribution is 5.93. The van der Waals surface area contributed by atoms with Gasteiger partial charge in [0.15, 0.2) is 0 Å². The molecule has 0 radical (unpaired) electrons. The molecule has 0 saturated carbocycles. The summed E-state index contributed by atoms with van der Waals surface area (Å²) in [6.45, 7) is 5.54. The molecule has 2 rings (SSSR count). The first-order valence-electron chi connectivity index (χ1n) is 7.20. The Balaban J connectivity index is 2.39. The number of amides is 1. The fourth-order valence-corrected chi connectivity index (χ4v) is 2.32. The van der Waals surface area contributed by atoms with E-state index in [2.05, 4.69) is 0 Å². The lowest BCUT2D eigenvalue weighted by Crippen LogP contribution is -2.35. The van der Waals surface area contributed by atoms with Crippen molar-refractivity contribution in [3.05, 3.63) is 59.9 Å². The highest BCUT2D eigenvalue weighted by atomic mass is 16.5. The average Bonchev–Trinajstić information content (AvgIpc) is 2.52. The number of ether oxygens (including phenoxy) is 1. The van der Waals surface area contributed by atoms with Gasteiger partial charge in [0.1, 0.15) is 0 Å². The Kier molecular flexibility index (Phi) is 4.50. The molecule has 1 amide bonds. The Morgan fingerprint density at radius 1 is 1.14 bits per heavy atom. The van der Waals surface area contributed by atoms with Crippen molar-refractivity contribution in [2.45, 2.75) is 26.7 Å². The van der Waals surface area contributed by atoms with Gasteiger partial charge in [-0.15, -0.1) is 0 Å². The molecule has 0 N–H and O–H groups in total. The highest BCUT2D eigenvalue weighted by Gasteiger charge is 2.31. The number of allylic oxidation sites excluding steroid dienone is 1. The maximum absolute atomic E-state index is 12.4. The van der Waals surface area contributed by atoms with Crippen molar-refractivity contribution in [1.82, 2.24) is 4.90 Å². The van der Waals surface area contributed by atoms with Crippen molar-refractivity contribution < 1.29 is 14.3 Å². The summed E-state index contributed by atoms with van der Waals surface area (Å²) in [6.07, 6.45) is 5.15. The number of methoxy groups -OCH3 is 1. The lowest BCUT2D eigenvalue weighted by molar-refractivity contribution is -0.136. The Bertz CT molecular complexity index is 623. The summed E-state index contributed by atoms with van der Waals surface area (Å²) in [6, 6.07) is 9.67. The first-order chi connectivity index (χ1) is 10.3. The second kappa shape index (κ2) is 6.18. The maximum atomic E-state index is 12.4. The van der Waals surface area contributed by atoms with E-state index in [1.165, 1.54) is 12.0 Å². The second-order valence-corrected chi connectivity index (χ2v) is 6.27. The Morgan fingerprint density at radius 3 is 2.32 bits per heavy atom. The third-order valence-corrected chi connectivity index (χ3v) is 3.51. The molecule has 4 heteroatoms. The third-order valence-electron chi connectivity index (χ3n) is 3.51. The zero-order valence-corrected chi connectivity index (χ0v) is 13.4. The third kappa shape index (κ3) is 3.27. The lowest BCUT2D eigenvalue weighted by Gasteiger charge is -2.29. The minimum atomic E-state index is -0.526. The van der Waals surface area contributed by atoms with Gasteiger partial charge in [-0.05, 0) is 5.56 Å². The number of benzene rings is 1. The van der Waals surface area contributed by atoms with Gasteiger partial charge < -0.3 is 4.74 Å².